The predicted octanol–water partition coefficient (Wildman–Crippen LogP) is 1.15. The Kier molecular flexibility index (Phi) is 4.11. The van der Waals surface area contributed by atoms with Crippen molar-refractivity contribution in [3.63, 3.8) is 0 Å². The van der Waals surface area contributed by atoms with E-state index in [1.54, 1.807) is 0 Å². The number of benzene rings is 1. The highest BCUT2D eigenvalue weighted by Gasteiger charge is 2.29. The van der Waals surface area contributed by atoms with Crippen molar-refractivity contribution in [2.75, 3.05) is 33.2 Å². The molecular weight excluding hydrogens is 286 g/mol. The fourth-order valence-corrected chi connectivity index (χ4v) is 3.80. The Morgan fingerprint density at radius 3 is 2.47 bits per heavy atom. The van der Waals surface area contributed by atoms with Crippen LogP contribution in [0.4, 0.5) is 0 Å². The molecule has 0 atom stereocenters. The van der Waals surface area contributed by atoms with Gasteiger partial charge < -0.3 is 4.90 Å². The van der Waals surface area contributed by atoms with Crippen molar-refractivity contribution in [2.45, 2.75) is 4.90 Å². The number of nitriles is 1. The number of hydrogen-bond donors (Lipinski definition) is 0. The van der Waals surface area contributed by atoms with Crippen molar-refractivity contribution in [2.24, 2.45) is 0 Å². The Morgan fingerprint density at radius 1 is 1.26 bits per heavy atom. The van der Waals surface area contributed by atoms with Gasteiger partial charge in [0.2, 0.25) is 10.0 Å². The van der Waals surface area contributed by atoms with Crippen LogP contribution < -0.4 is 0 Å². The maximum atomic E-state index is 12.5. The molecule has 102 valence electrons. The van der Waals surface area contributed by atoms with E-state index in [0.717, 1.165) is 0 Å². The van der Waals surface area contributed by atoms with Crippen LogP contribution in [-0.4, -0.2) is 50.8 Å². The van der Waals surface area contributed by atoms with Crippen LogP contribution in [0.25, 0.3) is 0 Å². The summed E-state index contributed by atoms with van der Waals surface area (Å²) in [5.41, 5.74) is 0.128. The number of likely N-dealkylation sites (N-methyl/N-ethyl adjacent to an activating group) is 1. The molecule has 1 fully saturated rings. The lowest BCUT2D eigenvalue weighted by Gasteiger charge is -2.31. The van der Waals surface area contributed by atoms with E-state index in [1.807, 2.05) is 13.1 Å². The van der Waals surface area contributed by atoms with Gasteiger partial charge in [-0.2, -0.15) is 9.57 Å². The molecule has 0 N–H and O–H groups in total. The summed E-state index contributed by atoms with van der Waals surface area (Å²) in [4.78, 5) is 2.06. The molecule has 1 aromatic carbocycles. The molecule has 0 amide bonds. The molecule has 1 aromatic rings. The van der Waals surface area contributed by atoms with E-state index in [9.17, 15) is 8.42 Å². The zero-order chi connectivity index (χ0) is 14.0. The van der Waals surface area contributed by atoms with E-state index in [4.69, 9.17) is 16.9 Å². The minimum atomic E-state index is -3.65. The van der Waals surface area contributed by atoms with E-state index in [-0.39, 0.29) is 10.5 Å². The lowest BCUT2D eigenvalue weighted by Crippen LogP contribution is -2.47. The van der Waals surface area contributed by atoms with Gasteiger partial charge in [0.15, 0.2) is 0 Å². The molecule has 7 heteroatoms. The zero-order valence-electron chi connectivity index (χ0n) is 10.5. The molecule has 0 aromatic heterocycles. The van der Waals surface area contributed by atoms with Crippen LogP contribution in [0, 0.1) is 11.3 Å². The van der Waals surface area contributed by atoms with Crippen molar-refractivity contribution in [1.82, 2.24) is 9.21 Å². The Balaban J connectivity index is 2.40. The largest absolute Gasteiger partial charge is 0.304 e. The van der Waals surface area contributed by atoms with Gasteiger partial charge in [0, 0.05) is 31.2 Å². The standard InChI is InChI=1S/C12H14ClN3O2S/c1-15-4-6-16(7-5-15)19(17,18)12-8-11(13)3-2-10(12)9-14/h2-3,8H,4-7H2,1H3. The van der Waals surface area contributed by atoms with Gasteiger partial charge in [-0.15, -0.1) is 0 Å². The second kappa shape index (κ2) is 5.47. The summed E-state index contributed by atoms with van der Waals surface area (Å²) in [6, 6.07) is 6.20. The Morgan fingerprint density at radius 2 is 1.89 bits per heavy atom. The van der Waals surface area contributed by atoms with Crippen LogP contribution in [-0.2, 0) is 10.0 Å². The maximum absolute atomic E-state index is 12.5. The summed E-state index contributed by atoms with van der Waals surface area (Å²) in [6.07, 6.45) is 0. The first kappa shape index (κ1) is 14.3. The molecule has 2 rings (SSSR count). The second-order valence-corrected chi connectivity index (χ2v) is 6.80. The minimum absolute atomic E-state index is 0.00736. The van der Waals surface area contributed by atoms with Gasteiger partial charge in [-0.05, 0) is 25.2 Å². The van der Waals surface area contributed by atoms with Gasteiger partial charge in [0.05, 0.1) is 5.56 Å². The third kappa shape index (κ3) is 2.90. The summed E-state index contributed by atoms with van der Waals surface area (Å²) in [6.45, 7) is 2.22. The molecule has 0 aliphatic carbocycles. The fraction of sp³-hybridized carbons (Fsp3) is 0.417. The summed E-state index contributed by atoms with van der Waals surface area (Å²) in [7, 11) is -1.70. The molecule has 1 aliphatic heterocycles. The third-order valence-corrected chi connectivity index (χ3v) is 5.32. The second-order valence-electron chi connectivity index (χ2n) is 4.46. The van der Waals surface area contributed by atoms with Gasteiger partial charge in [-0.1, -0.05) is 11.6 Å². The third-order valence-electron chi connectivity index (χ3n) is 3.14. The summed E-state index contributed by atoms with van der Waals surface area (Å²) < 4.78 is 26.4. The molecule has 1 saturated heterocycles. The zero-order valence-corrected chi connectivity index (χ0v) is 12.1. The fourth-order valence-electron chi connectivity index (χ4n) is 1.97. The Hall–Kier alpha value is -1.13. The number of rotatable bonds is 2. The maximum Gasteiger partial charge on any atom is 0.244 e. The van der Waals surface area contributed by atoms with Crippen molar-refractivity contribution in [1.29, 1.82) is 5.26 Å². The van der Waals surface area contributed by atoms with Crippen molar-refractivity contribution >= 4 is 21.6 Å². The van der Waals surface area contributed by atoms with Crippen LogP contribution in [0.5, 0.6) is 0 Å². The first-order valence-corrected chi connectivity index (χ1v) is 7.65. The van der Waals surface area contributed by atoms with Crippen LogP contribution in [0.3, 0.4) is 0 Å². The minimum Gasteiger partial charge on any atom is -0.304 e. The summed E-state index contributed by atoms with van der Waals surface area (Å²) >= 11 is 5.84. The predicted molar refractivity (Wildman–Crippen MR) is 72.4 cm³/mol. The van der Waals surface area contributed by atoms with Crippen molar-refractivity contribution in [3.8, 4) is 6.07 Å². The molecule has 0 radical (unpaired) electrons. The average molecular weight is 300 g/mol. The van der Waals surface area contributed by atoms with Gasteiger partial charge in [0.25, 0.3) is 0 Å². The molecule has 1 heterocycles. The first-order valence-electron chi connectivity index (χ1n) is 5.83. The van der Waals surface area contributed by atoms with E-state index in [2.05, 4.69) is 4.90 Å². The molecule has 19 heavy (non-hydrogen) atoms. The quantitative estimate of drug-likeness (QED) is 0.822. The van der Waals surface area contributed by atoms with Crippen LogP contribution in [0.1, 0.15) is 5.56 Å². The molecule has 0 saturated carbocycles. The number of hydrogen-bond acceptors (Lipinski definition) is 4. The molecule has 5 nitrogen and oxygen atoms in total. The topological polar surface area (TPSA) is 64.4 Å². The normalized spacial score (nSPS) is 18.2. The van der Waals surface area contributed by atoms with Crippen molar-refractivity contribution < 1.29 is 8.42 Å². The van der Waals surface area contributed by atoms with Crippen LogP contribution in [0.2, 0.25) is 5.02 Å². The molecular formula is C12H14ClN3O2S. The highest BCUT2D eigenvalue weighted by atomic mass is 35.5. The Labute approximate surface area is 118 Å². The highest BCUT2D eigenvalue weighted by molar-refractivity contribution is 7.89. The first-order chi connectivity index (χ1) is 8.95. The van der Waals surface area contributed by atoms with Crippen LogP contribution >= 0.6 is 11.6 Å². The van der Waals surface area contributed by atoms with Crippen molar-refractivity contribution in [3.05, 3.63) is 28.8 Å². The monoisotopic (exact) mass is 299 g/mol. The molecule has 0 bridgehead atoms. The molecule has 0 spiro atoms. The van der Waals surface area contributed by atoms with Crippen LogP contribution in [0.15, 0.2) is 23.1 Å². The molecule has 1 aliphatic rings. The van der Waals surface area contributed by atoms with Gasteiger partial charge >= 0.3 is 0 Å². The van der Waals surface area contributed by atoms with Gasteiger partial charge in [-0.3, -0.25) is 0 Å². The lowest BCUT2D eigenvalue weighted by atomic mass is 10.2. The van der Waals surface area contributed by atoms with E-state index in [1.165, 1.54) is 22.5 Å². The summed E-state index contributed by atoms with van der Waals surface area (Å²) in [5.74, 6) is 0. The smallest absolute Gasteiger partial charge is 0.244 e. The van der Waals surface area contributed by atoms with E-state index in [0.29, 0.717) is 31.2 Å². The lowest BCUT2D eigenvalue weighted by molar-refractivity contribution is 0.222. The summed E-state index contributed by atoms with van der Waals surface area (Å²) in [5, 5.41) is 9.34. The number of sulfonamides is 1. The van der Waals surface area contributed by atoms with Gasteiger partial charge in [-0.25, -0.2) is 8.42 Å². The Bertz CT molecular complexity index is 616. The van der Waals surface area contributed by atoms with Gasteiger partial charge in [0.1, 0.15) is 11.0 Å². The number of nitrogens with zero attached hydrogens (tertiary/aromatic N) is 3. The van der Waals surface area contributed by atoms with E-state index < -0.39 is 10.0 Å². The highest BCUT2D eigenvalue weighted by Crippen LogP contribution is 2.24. The number of piperazine rings is 1. The molecule has 0 unspecified atom stereocenters. The van der Waals surface area contributed by atoms with E-state index >= 15 is 0 Å². The number of halogens is 1. The average Bonchev–Trinajstić information content (AvgIpc) is 2.39. The SMILES string of the molecule is CN1CCN(S(=O)(=O)c2cc(Cl)ccc2C#N)CC1.